The molecule has 17 heavy (non-hydrogen) atoms. The van der Waals surface area contributed by atoms with E-state index in [9.17, 15) is 4.79 Å². The van der Waals surface area contributed by atoms with Gasteiger partial charge in [-0.1, -0.05) is 0 Å². The molecular formula is C10H15N3O4. The van der Waals surface area contributed by atoms with E-state index in [1.165, 1.54) is 19.4 Å². The minimum absolute atomic E-state index is 0.0873. The van der Waals surface area contributed by atoms with Crippen LogP contribution in [-0.4, -0.2) is 52.0 Å². The summed E-state index contributed by atoms with van der Waals surface area (Å²) in [4.78, 5) is 18.8. The average Bonchev–Trinajstić information content (AvgIpc) is 2.38. The molecule has 0 atom stereocenters. The Kier molecular flexibility index (Phi) is 4.36. The number of esters is 1. The zero-order valence-corrected chi connectivity index (χ0v) is 9.67. The number of nitrogens with zero attached hydrogens (tertiary/aromatic N) is 2. The standard InChI is InChI=1S/C10H15N3O4/c1-10(5-14,6-15)13-7-3-4-11-8(12-7)9(16)17-2/h3-4,14-15H,5-6H2,1-2H3,(H,11,12,13). The Labute approximate surface area is 98.5 Å². The van der Waals surface area contributed by atoms with Gasteiger partial charge in [0.25, 0.3) is 0 Å². The Morgan fingerprint density at radius 3 is 2.71 bits per heavy atom. The second kappa shape index (κ2) is 5.55. The van der Waals surface area contributed by atoms with Gasteiger partial charge in [0.15, 0.2) is 0 Å². The number of nitrogens with one attached hydrogen (secondary N) is 1. The van der Waals surface area contributed by atoms with Crippen LogP contribution in [0.2, 0.25) is 0 Å². The van der Waals surface area contributed by atoms with Gasteiger partial charge in [-0.25, -0.2) is 14.8 Å². The Balaban J connectivity index is 2.89. The third kappa shape index (κ3) is 3.36. The van der Waals surface area contributed by atoms with Crippen LogP contribution in [0.4, 0.5) is 5.82 Å². The summed E-state index contributed by atoms with van der Waals surface area (Å²) in [5, 5.41) is 21.0. The Hall–Kier alpha value is -1.73. The first-order chi connectivity index (χ1) is 8.04. The van der Waals surface area contributed by atoms with Crippen LogP contribution < -0.4 is 5.32 Å². The SMILES string of the molecule is COC(=O)c1nccc(NC(C)(CO)CO)n1. The first-order valence-corrected chi connectivity index (χ1v) is 4.96. The molecule has 1 aromatic rings. The molecule has 0 spiro atoms. The fraction of sp³-hybridized carbons (Fsp3) is 0.500. The molecule has 1 heterocycles. The molecule has 94 valence electrons. The van der Waals surface area contributed by atoms with E-state index in [1.54, 1.807) is 6.92 Å². The summed E-state index contributed by atoms with van der Waals surface area (Å²) in [5.74, 6) is -0.412. The average molecular weight is 241 g/mol. The highest BCUT2D eigenvalue weighted by Crippen LogP contribution is 2.12. The van der Waals surface area contributed by atoms with Crippen LogP contribution in [0.3, 0.4) is 0 Å². The molecule has 0 saturated heterocycles. The molecule has 0 radical (unpaired) electrons. The molecule has 0 unspecified atom stereocenters. The molecule has 0 aliphatic rings. The van der Waals surface area contributed by atoms with Crippen molar-refractivity contribution < 1.29 is 19.7 Å². The highest BCUT2D eigenvalue weighted by Gasteiger charge is 2.23. The minimum Gasteiger partial charge on any atom is -0.463 e. The zero-order chi connectivity index (χ0) is 12.9. The van der Waals surface area contributed by atoms with Crippen molar-refractivity contribution >= 4 is 11.8 Å². The van der Waals surface area contributed by atoms with Gasteiger partial charge in [0.05, 0.1) is 25.9 Å². The van der Waals surface area contributed by atoms with Gasteiger partial charge in [-0.05, 0) is 13.0 Å². The van der Waals surface area contributed by atoms with E-state index in [0.717, 1.165) is 0 Å². The fourth-order valence-electron chi connectivity index (χ4n) is 1.06. The van der Waals surface area contributed by atoms with E-state index in [0.29, 0.717) is 5.82 Å². The first kappa shape index (κ1) is 13.3. The van der Waals surface area contributed by atoms with Crippen molar-refractivity contribution in [1.82, 2.24) is 9.97 Å². The van der Waals surface area contributed by atoms with Crippen molar-refractivity contribution in [3.05, 3.63) is 18.1 Å². The summed E-state index contributed by atoms with van der Waals surface area (Å²) >= 11 is 0. The number of ether oxygens (including phenoxy) is 1. The third-order valence-electron chi connectivity index (χ3n) is 2.15. The lowest BCUT2D eigenvalue weighted by atomic mass is 10.1. The van der Waals surface area contributed by atoms with E-state index in [4.69, 9.17) is 10.2 Å². The number of rotatable bonds is 5. The quantitative estimate of drug-likeness (QED) is 0.592. The summed E-state index contributed by atoms with van der Waals surface area (Å²) in [5.41, 5.74) is -0.915. The van der Waals surface area contributed by atoms with Crippen molar-refractivity contribution in [3.8, 4) is 0 Å². The van der Waals surface area contributed by atoms with E-state index < -0.39 is 11.5 Å². The lowest BCUT2D eigenvalue weighted by Crippen LogP contribution is -2.42. The van der Waals surface area contributed by atoms with Gasteiger partial charge < -0.3 is 20.3 Å². The second-order valence-corrected chi connectivity index (χ2v) is 3.76. The number of aliphatic hydroxyl groups is 2. The Morgan fingerprint density at radius 1 is 1.53 bits per heavy atom. The summed E-state index contributed by atoms with van der Waals surface area (Å²) in [6, 6.07) is 1.52. The van der Waals surface area contributed by atoms with Crippen LogP contribution in [0.25, 0.3) is 0 Å². The van der Waals surface area contributed by atoms with E-state index in [-0.39, 0.29) is 19.0 Å². The van der Waals surface area contributed by atoms with Crippen molar-refractivity contribution in [2.24, 2.45) is 0 Å². The van der Waals surface area contributed by atoms with Crippen molar-refractivity contribution in [2.75, 3.05) is 25.6 Å². The Bertz CT molecular complexity index is 393. The number of anilines is 1. The van der Waals surface area contributed by atoms with Crippen LogP contribution in [0.5, 0.6) is 0 Å². The van der Waals surface area contributed by atoms with Crippen LogP contribution >= 0.6 is 0 Å². The van der Waals surface area contributed by atoms with Crippen LogP contribution in [0.15, 0.2) is 12.3 Å². The normalized spacial score (nSPS) is 11.1. The number of aliphatic hydroxyl groups excluding tert-OH is 2. The molecule has 0 aliphatic carbocycles. The maximum absolute atomic E-state index is 11.2. The molecular weight excluding hydrogens is 226 g/mol. The summed E-state index contributed by atoms with van der Waals surface area (Å²) in [7, 11) is 1.23. The smallest absolute Gasteiger partial charge is 0.376 e. The molecule has 1 rings (SSSR count). The highest BCUT2D eigenvalue weighted by atomic mass is 16.5. The molecule has 0 fully saturated rings. The van der Waals surface area contributed by atoms with Gasteiger partial charge in [0.1, 0.15) is 5.82 Å². The number of hydrogen-bond acceptors (Lipinski definition) is 7. The number of aromatic nitrogens is 2. The molecule has 7 heteroatoms. The molecule has 0 saturated carbocycles. The predicted molar refractivity (Wildman–Crippen MR) is 59.6 cm³/mol. The summed E-state index contributed by atoms with van der Waals surface area (Å²) in [6.07, 6.45) is 1.39. The number of carbonyl (C=O) groups is 1. The van der Waals surface area contributed by atoms with Gasteiger partial charge in [-0.2, -0.15) is 0 Å². The van der Waals surface area contributed by atoms with Gasteiger partial charge >= 0.3 is 5.97 Å². The number of carbonyl (C=O) groups excluding carboxylic acids is 1. The van der Waals surface area contributed by atoms with E-state index in [2.05, 4.69) is 20.0 Å². The molecule has 3 N–H and O–H groups in total. The molecule has 0 aliphatic heterocycles. The van der Waals surface area contributed by atoms with Gasteiger partial charge in [0, 0.05) is 6.20 Å². The molecule has 0 aromatic carbocycles. The van der Waals surface area contributed by atoms with Crippen LogP contribution in [0.1, 0.15) is 17.5 Å². The molecule has 0 amide bonds. The van der Waals surface area contributed by atoms with Crippen molar-refractivity contribution in [1.29, 1.82) is 0 Å². The Morgan fingerprint density at radius 2 is 2.18 bits per heavy atom. The van der Waals surface area contributed by atoms with Crippen LogP contribution in [0, 0.1) is 0 Å². The van der Waals surface area contributed by atoms with Crippen LogP contribution in [-0.2, 0) is 4.74 Å². The molecule has 1 aromatic heterocycles. The largest absolute Gasteiger partial charge is 0.463 e. The maximum Gasteiger partial charge on any atom is 0.376 e. The van der Waals surface area contributed by atoms with Crippen molar-refractivity contribution in [2.45, 2.75) is 12.5 Å². The lowest BCUT2D eigenvalue weighted by molar-refractivity contribution is 0.0587. The maximum atomic E-state index is 11.2. The monoisotopic (exact) mass is 241 g/mol. The topological polar surface area (TPSA) is 105 Å². The molecule has 7 nitrogen and oxygen atoms in total. The predicted octanol–water partition coefficient (Wildman–Crippen LogP) is -0.582. The van der Waals surface area contributed by atoms with Gasteiger partial charge in [0.2, 0.25) is 5.82 Å². The van der Waals surface area contributed by atoms with Gasteiger partial charge in [-0.15, -0.1) is 0 Å². The second-order valence-electron chi connectivity index (χ2n) is 3.76. The third-order valence-corrected chi connectivity index (χ3v) is 2.15. The highest BCUT2D eigenvalue weighted by molar-refractivity contribution is 5.85. The van der Waals surface area contributed by atoms with Gasteiger partial charge in [-0.3, -0.25) is 0 Å². The minimum atomic E-state index is -0.915. The summed E-state index contributed by atoms with van der Waals surface area (Å²) in [6.45, 7) is 1.06. The van der Waals surface area contributed by atoms with E-state index >= 15 is 0 Å². The first-order valence-electron chi connectivity index (χ1n) is 4.96. The fourth-order valence-corrected chi connectivity index (χ4v) is 1.06. The van der Waals surface area contributed by atoms with E-state index in [1.807, 2.05) is 0 Å². The lowest BCUT2D eigenvalue weighted by Gasteiger charge is -2.26. The number of methoxy groups -OCH3 is 1. The number of hydrogen-bond donors (Lipinski definition) is 3. The summed E-state index contributed by atoms with van der Waals surface area (Å²) < 4.78 is 4.48. The van der Waals surface area contributed by atoms with Crippen molar-refractivity contribution in [3.63, 3.8) is 0 Å². The molecule has 0 bridgehead atoms. The zero-order valence-electron chi connectivity index (χ0n) is 9.67.